The molecule has 1 fully saturated rings. The molecular formula is C11H16N4O3. The fourth-order valence-electron chi connectivity index (χ4n) is 2.00. The molecule has 2 heterocycles. The maximum atomic E-state index is 12.2. The number of rotatable bonds is 3. The van der Waals surface area contributed by atoms with Crippen molar-refractivity contribution in [2.24, 2.45) is 5.73 Å². The monoisotopic (exact) mass is 252 g/mol. The molecule has 2 N–H and O–H groups in total. The van der Waals surface area contributed by atoms with E-state index in [1.807, 2.05) is 13.8 Å². The quantitative estimate of drug-likeness (QED) is 0.634. The van der Waals surface area contributed by atoms with Gasteiger partial charge in [-0.25, -0.2) is 0 Å². The normalized spacial score (nSPS) is 15.9. The molecular weight excluding hydrogens is 236 g/mol. The van der Waals surface area contributed by atoms with E-state index in [2.05, 4.69) is 0 Å². The zero-order valence-electron chi connectivity index (χ0n) is 10.4. The number of likely N-dealkylation sites (tertiary alicyclic amines) is 1. The zero-order chi connectivity index (χ0) is 13.4. The maximum Gasteiger partial charge on any atom is 0.287 e. The Morgan fingerprint density at radius 1 is 1.56 bits per heavy atom. The van der Waals surface area contributed by atoms with Crippen molar-refractivity contribution in [2.75, 3.05) is 13.1 Å². The molecule has 1 aliphatic rings. The van der Waals surface area contributed by atoms with Crippen molar-refractivity contribution in [3.05, 3.63) is 28.1 Å². The van der Waals surface area contributed by atoms with Gasteiger partial charge in [0.25, 0.3) is 11.6 Å². The molecule has 7 nitrogen and oxygen atoms in total. The predicted molar refractivity (Wildman–Crippen MR) is 65.4 cm³/mol. The van der Waals surface area contributed by atoms with Gasteiger partial charge in [0.2, 0.25) is 0 Å². The highest BCUT2D eigenvalue weighted by atomic mass is 16.6. The summed E-state index contributed by atoms with van der Waals surface area (Å²) >= 11 is 0. The SMILES string of the molecule is CC(C)n1cc([N+](=O)[O-])cc1C(=O)N1CC(N)C1. The van der Waals surface area contributed by atoms with Crippen LogP contribution < -0.4 is 5.73 Å². The summed E-state index contributed by atoms with van der Waals surface area (Å²) in [5.74, 6) is -0.196. The van der Waals surface area contributed by atoms with Crippen LogP contribution in [0.1, 0.15) is 30.4 Å². The molecule has 0 unspecified atom stereocenters. The maximum absolute atomic E-state index is 12.2. The third kappa shape index (κ3) is 2.08. The Labute approximate surface area is 104 Å². The van der Waals surface area contributed by atoms with E-state index in [0.29, 0.717) is 18.8 Å². The Morgan fingerprint density at radius 3 is 2.61 bits per heavy atom. The highest BCUT2D eigenvalue weighted by Gasteiger charge is 2.31. The van der Waals surface area contributed by atoms with Crippen molar-refractivity contribution >= 4 is 11.6 Å². The van der Waals surface area contributed by atoms with Crippen LogP contribution in [0, 0.1) is 10.1 Å². The molecule has 0 spiro atoms. The van der Waals surface area contributed by atoms with Crippen LogP contribution in [0.3, 0.4) is 0 Å². The highest BCUT2D eigenvalue weighted by molar-refractivity contribution is 5.94. The van der Waals surface area contributed by atoms with E-state index >= 15 is 0 Å². The van der Waals surface area contributed by atoms with E-state index in [1.165, 1.54) is 12.3 Å². The van der Waals surface area contributed by atoms with Gasteiger partial charge in [-0.3, -0.25) is 14.9 Å². The fourth-order valence-corrected chi connectivity index (χ4v) is 2.00. The van der Waals surface area contributed by atoms with Gasteiger partial charge in [0.15, 0.2) is 0 Å². The van der Waals surface area contributed by atoms with Crippen LogP contribution in [0.25, 0.3) is 0 Å². The smallest absolute Gasteiger partial charge is 0.287 e. The van der Waals surface area contributed by atoms with Crippen molar-refractivity contribution in [1.82, 2.24) is 9.47 Å². The van der Waals surface area contributed by atoms with Gasteiger partial charge in [-0.1, -0.05) is 0 Å². The molecule has 1 amide bonds. The van der Waals surface area contributed by atoms with Crippen LogP contribution in [0.15, 0.2) is 12.3 Å². The van der Waals surface area contributed by atoms with Crippen LogP contribution >= 0.6 is 0 Å². The van der Waals surface area contributed by atoms with Gasteiger partial charge < -0.3 is 15.2 Å². The van der Waals surface area contributed by atoms with Gasteiger partial charge in [0, 0.05) is 31.2 Å². The number of aromatic nitrogens is 1. The molecule has 1 aromatic heterocycles. The highest BCUT2D eigenvalue weighted by Crippen LogP contribution is 2.23. The minimum atomic E-state index is -0.489. The Morgan fingerprint density at radius 2 is 2.17 bits per heavy atom. The standard InChI is InChI=1S/C11H16N4O3/c1-7(2)14-6-9(15(17)18)3-10(14)11(16)13-4-8(12)5-13/h3,6-8H,4-5,12H2,1-2H3. The van der Waals surface area contributed by atoms with Gasteiger partial charge in [0.05, 0.1) is 11.1 Å². The largest absolute Gasteiger partial charge is 0.335 e. The summed E-state index contributed by atoms with van der Waals surface area (Å²) in [5.41, 5.74) is 5.92. The molecule has 2 rings (SSSR count). The lowest BCUT2D eigenvalue weighted by Gasteiger charge is -2.37. The summed E-state index contributed by atoms with van der Waals surface area (Å²) in [7, 11) is 0. The molecule has 0 aliphatic carbocycles. The number of hydrogen-bond donors (Lipinski definition) is 1. The lowest BCUT2D eigenvalue weighted by atomic mass is 10.1. The van der Waals surface area contributed by atoms with Crippen molar-refractivity contribution < 1.29 is 9.72 Å². The van der Waals surface area contributed by atoms with Gasteiger partial charge in [-0.2, -0.15) is 0 Å². The average Bonchev–Trinajstić information content (AvgIpc) is 2.68. The van der Waals surface area contributed by atoms with Crippen LogP contribution in [-0.2, 0) is 0 Å². The molecule has 0 saturated carbocycles. The number of nitrogens with zero attached hydrogens (tertiary/aromatic N) is 3. The second kappa shape index (κ2) is 4.41. The van der Waals surface area contributed by atoms with Gasteiger partial charge in [0.1, 0.15) is 5.69 Å². The molecule has 0 atom stereocenters. The van der Waals surface area contributed by atoms with Crippen LogP contribution in [0.4, 0.5) is 5.69 Å². The van der Waals surface area contributed by atoms with Crippen LogP contribution in [-0.4, -0.2) is 39.4 Å². The molecule has 1 saturated heterocycles. The first-order valence-electron chi connectivity index (χ1n) is 5.81. The van der Waals surface area contributed by atoms with E-state index in [0.717, 1.165) is 0 Å². The summed E-state index contributed by atoms with van der Waals surface area (Å²) < 4.78 is 1.63. The molecule has 1 aromatic rings. The zero-order valence-corrected chi connectivity index (χ0v) is 10.4. The molecule has 0 bridgehead atoms. The number of carbonyl (C=O) groups excluding carboxylic acids is 1. The first-order chi connectivity index (χ1) is 8.40. The number of amides is 1. The second-order valence-electron chi connectivity index (χ2n) is 4.81. The summed E-state index contributed by atoms with van der Waals surface area (Å²) in [6, 6.07) is 1.34. The molecule has 0 aromatic carbocycles. The van der Waals surface area contributed by atoms with E-state index in [-0.39, 0.29) is 23.7 Å². The third-order valence-electron chi connectivity index (χ3n) is 3.02. The molecule has 18 heavy (non-hydrogen) atoms. The second-order valence-corrected chi connectivity index (χ2v) is 4.81. The Hall–Kier alpha value is -1.89. The average molecular weight is 252 g/mol. The van der Waals surface area contributed by atoms with E-state index in [9.17, 15) is 14.9 Å². The van der Waals surface area contributed by atoms with E-state index < -0.39 is 4.92 Å². The molecule has 7 heteroatoms. The van der Waals surface area contributed by atoms with Crippen molar-refractivity contribution in [3.63, 3.8) is 0 Å². The van der Waals surface area contributed by atoms with Crippen LogP contribution in [0.2, 0.25) is 0 Å². The first kappa shape index (κ1) is 12.6. The van der Waals surface area contributed by atoms with Gasteiger partial charge in [-0.15, -0.1) is 0 Å². The minimum Gasteiger partial charge on any atom is -0.335 e. The van der Waals surface area contributed by atoms with Gasteiger partial charge >= 0.3 is 0 Å². The summed E-state index contributed by atoms with van der Waals surface area (Å²) in [6.07, 6.45) is 1.40. The Kier molecular flexibility index (Phi) is 3.08. The number of hydrogen-bond acceptors (Lipinski definition) is 4. The Balaban J connectivity index is 2.30. The number of carbonyl (C=O) groups is 1. The fraction of sp³-hybridized carbons (Fsp3) is 0.545. The van der Waals surface area contributed by atoms with E-state index in [4.69, 9.17) is 5.73 Å². The minimum absolute atomic E-state index is 0.00685. The summed E-state index contributed by atoms with van der Waals surface area (Å²) in [6.45, 7) is 4.77. The van der Waals surface area contributed by atoms with Crippen LogP contribution in [0.5, 0.6) is 0 Å². The first-order valence-corrected chi connectivity index (χ1v) is 5.81. The summed E-state index contributed by atoms with van der Waals surface area (Å²) in [5, 5.41) is 10.8. The number of nitrogens with two attached hydrogens (primary N) is 1. The van der Waals surface area contributed by atoms with E-state index in [1.54, 1.807) is 9.47 Å². The van der Waals surface area contributed by atoms with Gasteiger partial charge in [-0.05, 0) is 13.8 Å². The summed E-state index contributed by atoms with van der Waals surface area (Å²) in [4.78, 5) is 24.0. The Bertz CT molecular complexity index is 488. The molecule has 1 aliphatic heterocycles. The lowest BCUT2D eigenvalue weighted by molar-refractivity contribution is -0.384. The molecule has 0 radical (unpaired) electrons. The van der Waals surface area contributed by atoms with Crippen molar-refractivity contribution in [3.8, 4) is 0 Å². The van der Waals surface area contributed by atoms with Crippen molar-refractivity contribution in [1.29, 1.82) is 0 Å². The third-order valence-corrected chi connectivity index (χ3v) is 3.02. The molecule has 98 valence electrons. The predicted octanol–water partition coefficient (Wildman–Crippen LogP) is 0.760. The lowest BCUT2D eigenvalue weighted by Crippen LogP contribution is -2.58. The number of nitro groups is 1. The van der Waals surface area contributed by atoms with Crippen molar-refractivity contribution in [2.45, 2.75) is 25.9 Å². The topological polar surface area (TPSA) is 94.4 Å².